The average Bonchev–Trinajstić information content (AvgIpc) is 2.87. The number of halogens is 2. The number of benzene rings is 1. The fourth-order valence-electron chi connectivity index (χ4n) is 3.16. The van der Waals surface area contributed by atoms with Crippen molar-refractivity contribution in [2.24, 2.45) is 18.4 Å². The Bertz CT molecular complexity index is 805. The number of carbonyl (C=O) groups excluding carboxylic acids is 1. The molecule has 1 aliphatic carbocycles. The Morgan fingerprint density at radius 1 is 1.43 bits per heavy atom. The Balaban J connectivity index is 1.59. The summed E-state index contributed by atoms with van der Waals surface area (Å²) in [6.45, 7) is 1.08. The zero-order valence-corrected chi connectivity index (χ0v) is 12.5. The van der Waals surface area contributed by atoms with Crippen molar-refractivity contribution in [1.29, 1.82) is 0 Å². The molecule has 2 aliphatic rings. The van der Waals surface area contributed by atoms with Gasteiger partial charge in [-0.2, -0.15) is 5.10 Å². The lowest BCUT2D eigenvalue weighted by Gasteiger charge is -2.11. The van der Waals surface area contributed by atoms with E-state index in [2.05, 4.69) is 10.4 Å². The summed E-state index contributed by atoms with van der Waals surface area (Å²) in [6.07, 6.45) is 0.843. The van der Waals surface area contributed by atoms with Crippen molar-refractivity contribution in [1.82, 2.24) is 9.78 Å². The molecule has 1 saturated heterocycles. The number of nitrogens with zero attached hydrogens (tertiary/aromatic N) is 2. The van der Waals surface area contributed by atoms with Gasteiger partial charge >= 0.3 is 0 Å². The zero-order chi connectivity index (χ0) is 16.2. The highest BCUT2D eigenvalue weighted by Gasteiger charge is 2.63. The van der Waals surface area contributed by atoms with Crippen molar-refractivity contribution in [3.63, 3.8) is 0 Å². The summed E-state index contributed by atoms with van der Waals surface area (Å²) in [7, 11) is 1.66. The molecule has 2 atom stereocenters. The normalized spacial score (nSPS) is 25.3. The third-order valence-corrected chi connectivity index (χ3v) is 4.69. The van der Waals surface area contributed by atoms with E-state index in [1.807, 2.05) is 0 Å². The molecule has 0 unspecified atom stereocenters. The van der Waals surface area contributed by atoms with Crippen LogP contribution in [0.15, 0.2) is 24.3 Å². The lowest BCUT2D eigenvalue weighted by Crippen LogP contribution is -2.27. The number of anilines is 1. The van der Waals surface area contributed by atoms with E-state index in [1.54, 1.807) is 13.1 Å². The van der Waals surface area contributed by atoms with Crippen molar-refractivity contribution in [3.8, 4) is 11.3 Å². The minimum Gasteiger partial charge on any atom is -0.380 e. The molecule has 0 spiro atoms. The van der Waals surface area contributed by atoms with Gasteiger partial charge in [0.15, 0.2) is 0 Å². The molecular weight excluding hydrogens is 304 g/mol. The summed E-state index contributed by atoms with van der Waals surface area (Å²) in [5.74, 6) is -0.652. The maximum atomic E-state index is 13.9. The monoisotopic (exact) mass is 319 g/mol. The highest BCUT2D eigenvalue weighted by atomic mass is 19.1. The van der Waals surface area contributed by atoms with Crippen LogP contribution in [0.2, 0.25) is 0 Å². The third kappa shape index (κ3) is 2.23. The van der Waals surface area contributed by atoms with Crippen molar-refractivity contribution in [2.45, 2.75) is 6.42 Å². The van der Waals surface area contributed by atoms with E-state index in [4.69, 9.17) is 4.74 Å². The molecule has 7 heteroatoms. The number of aromatic nitrogens is 2. The van der Waals surface area contributed by atoms with Gasteiger partial charge in [0.1, 0.15) is 17.5 Å². The minimum atomic E-state index is -0.689. The Hall–Kier alpha value is -2.28. The average molecular weight is 319 g/mol. The van der Waals surface area contributed by atoms with Gasteiger partial charge in [0.05, 0.1) is 24.3 Å². The van der Waals surface area contributed by atoms with Crippen LogP contribution in [0, 0.1) is 23.0 Å². The van der Waals surface area contributed by atoms with E-state index in [9.17, 15) is 13.6 Å². The molecule has 0 radical (unpaired) electrons. The summed E-state index contributed by atoms with van der Waals surface area (Å²) in [5, 5.41) is 7.04. The Morgan fingerprint density at radius 2 is 2.26 bits per heavy atom. The van der Waals surface area contributed by atoms with E-state index in [1.165, 1.54) is 16.8 Å². The van der Waals surface area contributed by atoms with E-state index in [-0.39, 0.29) is 11.5 Å². The molecule has 2 aromatic rings. The molecule has 4 rings (SSSR count). The van der Waals surface area contributed by atoms with Crippen LogP contribution in [-0.2, 0) is 16.6 Å². The molecule has 2 fully saturated rings. The molecule has 1 saturated carbocycles. The van der Waals surface area contributed by atoms with Crippen molar-refractivity contribution < 1.29 is 18.3 Å². The molecule has 1 aliphatic heterocycles. The van der Waals surface area contributed by atoms with Crippen LogP contribution in [0.4, 0.5) is 14.6 Å². The van der Waals surface area contributed by atoms with Crippen molar-refractivity contribution >= 4 is 11.7 Å². The fraction of sp³-hybridized carbons (Fsp3) is 0.375. The molecule has 1 amide bonds. The van der Waals surface area contributed by atoms with Gasteiger partial charge in [-0.05, 0) is 18.6 Å². The molecule has 1 aromatic carbocycles. The number of hydrogen-bond acceptors (Lipinski definition) is 3. The molecule has 5 nitrogen and oxygen atoms in total. The lowest BCUT2D eigenvalue weighted by atomic mass is 10.1. The molecular formula is C16H15F2N3O2. The number of nitrogens with one attached hydrogen (secondary N) is 1. The molecule has 120 valence electrons. The Labute approximate surface area is 131 Å². The van der Waals surface area contributed by atoms with Crippen LogP contribution in [-0.4, -0.2) is 28.9 Å². The number of hydrogen-bond donors (Lipinski definition) is 1. The van der Waals surface area contributed by atoms with E-state index >= 15 is 0 Å². The van der Waals surface area contributed by atoms with Gasteiger partial charge in [-0.15, -0.1) is 0 Å². The highest BCUT2D eigenvalue weighted by molar-refractivity contribution is 5.97. The minimum absolute atomic E-state index is 0.0888. The predicted octanol–water partition coefficient (Wildman–Crippen LogP) is 2.34. The quantitative estimate of drug-likeness (QED) is 0.945. The van der Waals surface area contributed by atoms with Crippen LogP contribution in [0.3, 0.4) is 0 Å². The first-order valence-corrected chi connectivity index (χ1v) is 7.38. The lowest BCUT2D eigenvalue weighted by molar-refractivity contribution is -0.121. The number of aryl methyl sites for hydroxylation is 1. The third-order valence-electron chi connectivity index (χ3n) is 4.69. The number of ether oxygens (including phenoxy) is 1. The van der Waals surface area contributed by atoms with Gasteiger partial charge in [-0.1, -0.05) is 0 Å². The van der Waals surface area contributed by atoms with Gasteiger partial charge in [0, 0.05) is 30.7 Å². The fourth-order valence-corrected chi connectivity index (χ4v) is 3.16. The first-order valence-electron chi connectivity index (χ1n) is 7.38. The second-order valence-corrected chi connectivity index (χ2v) is 6.19. The van der Waals surface area contributed by atoms with Crippen LogP contribution in [0.5, 0.6) is 0 Å². The summed E-state index contributed by atoms with van der Waals surface area (Å²) >= 11 is 0. The van der Waals surface area contributed by atoms with Gasteiger partial charge in [-0.3, -0.25) is 9.48 Å². The maximum absolute atomic E-state index is 13.9. The molecule has 23 heavy (non-hydrogen) atoms. The van der Waals surface area contributed by atoms with E-state index in [0.29, 0.717) is 30.6 Å². The standard InChI is InChI=1S/C16H15F2N3O2/c1-21-14(19-15(22)16-6-9(16)7-23-8-16)5-13(20-21)11-3-2-10(17)4-12(11)18/h2-5,9H,6-8H2,1H3,(H,19,22)/t9-,16-/m0/s1. The molecule has 0 bridgehead atoms. The van der Waals surface area contributed by atoms with Crippen molar-refractivity contribution in [3.05, 3.63) is 35.9 Å². The smallest absolute Gasteiger partial charge is 0.234 e. The number of amides is 1. The SMILES string of the molecule is Cn1nc(-c2ccc(F)cc2F)cc1NC(=O)[C@@]12COC[C@@H]1C2. The van der Waals surface area contributed by atoms with Gasteiger partial charge in [-0.25, -0.2) is 8.78 Å². The van der Waals surface area contributed by atoms with Crippen LogP contribution >= 0.6 is 0 Å². The Morgan fingerprint density at radius 3 is 2.91 bits per heavy atom. The second-order valence-electron chi connectivity index (χ2n) is 6.19. The van der Waals surface area contributed by atoms with Crippen LogP contribution in [0.1, 0.15) is 6.42 Å². The van der Waals surface area contributed by atoms with E-state index in [0.717, 1.165) is 12.5 Å². The largest absolute Gasteiger partial charge is 0.380 e. The number of fused-ring (bicyclic) bond motifs is 1. The summed E-state index contributed by atoms with van der Waals surface area (Å²) in [6, 6.07) is 4.90. The predicted molar refractivity (Wildman–Crippen MR) is 78.5 cm³/mol. The number of rotatable bonds is 3. The highest BCUT2D eigenvalue weighted by Crippen LogP contribution is 2.57. The molecule has 2 heterocycles. The summed E-state index contributed by atoms with van der Waals surface area (Å²) in [5.41, 5.74) is 0.118. The van der Waals surface area contributed by atoms with Crippen LogP contribution in [0.25, 0.3) is 11.3 Å². The first-order chi connectivity index (χ1) is 11.0. The maximum Gasteiger partial charge on any atom is 0.234 e. The second kappa shape index (κ2) is 4.86. The first kappa shape index (κ1) is 14.3. The topological polar surface area (TPSA) is 56.2 Å². The van der Waals surface area contributed by atoms with Gasteiger partial charge in [0.2, 0.25) is 5.91 Å². The Kier molecular flexibility index (Phi) is 3.02. The zero-order valence-electron chi connectivity index (χ0n) is 12.5. The summed E-state index contributed by atoms with van der Waals surface area (Å²) < 4.78 is 33.7. The van der Waals surface area contributed by atoms with Crippen molar-refractivity contribution in [2.75, 3.05) is 18.5 Å². The van der Waals surface area contributed by atoms with Gasteiger partial charge < -0.3 is 10.1 Å². The van der Waals surface area contributed by atoms with E-state index < -0.39 is 17.0 Å². The number of carbonyl (C=O) groups is 1. The molecule has 1 aromatic heterocycles. The summed E-state index contributed by atoms with van der Waals surface area (Å²) in [4.78, 5) is 12.4. The molecule has 1 N–H and O–H groups in total. The van der Waals surface area contributed by atoms with Gasteiger partial charge in [0.25, 0.3) is 0 Å². The van der Waals surface area contributed by atoms with Crippen LogP contribution < -0.4 is 5.32 Å².